The van der Waals surface area contributed by atoms with Gasteiger partial charge in [0, 0.05) is 0 Å². The van der Waals surface area contributed by atoms with Crippen LogP contribution in [0.5, 0.6) is 0 Å². The van der Waals surface area contributed by atoms with Crippen LogP contribution in [-0.2, 0) is 20.0 Å². The highest BCUT2D eigenvalue weighted by molar-refractivity contribution is 7.92. The summed E-state index contributed by atoms with van der Waals surface area (Å²) < 4.78 is 62.1. The molecule has 3 N–H and O–H groups in total. The van der Waals surface area contributed by atoms with Crippen LogP contribution in [-0.4, -0.2) is 16.8 Å². The molecule has 0 unspecified atom stereocenters. The van der Waals surface area contributed by atoms with E-state index in [1.807, 2.05) is 0 Å². The van der Waals surface area contributed by atoms with Gasteiger partial charge in [-0.15, -0.1) is 0 Å². The first-order chi connectivity index (χ1) is 10.1. The second-order valence-electron chi connectivity index (χ2n) is 4.58. The fourth-order valence-corrected chi connectivity index (χ4v) is 3.35. The molecule has 2 aromatic rings. The third kappa shape index (κ3) is 3.62. The van der Waals surface area contributed by atoms with Crippen molar-refractivity contribution in [3.8, 4) is 0 Å². The molecule has 0 aliphatic rings. The fraction of sp³-hybridized carbons (Fsp3) is 0.0769. The van der Waals surface area contributed by atoms with E-state index in [2.05, 4.69) is 4.72 Å². The summed E-state index contributed by atoms with van der Waals surface area (Å²) in [6.07, 6.45) is 0. The van der Waals surface area contributed by atoms with Gasteiger partial charge in [0.2, 0.25) is 10.0 Å². The highest BCUT2D eigenvalue weighted by atomic mass is 32.2. The Morgan fingerprint density at radius 1 is 0.955 bits per heavy atom. The highest BCUT2D eigenvalue weighted by Crippen LogP contribution is 2.21. The second kappa shape index (κ2) is 5.67. The minimum atomic E-state index is -3.97. The average molecular weight is 344 g/mol. The van der Waals surface area contributed by atoms with Gasteiger partial charge in [0.25, 0.3) is 10.0 Å². The molecule has 0 aromatic heterocycles. The van der Waals surface area contributed by atoms with Crippen LogP contribution in [0.3, 0.4) is 0 Å². The summed E-state index contributed by atoms with van der Waals surface area (Å²) in [5.74, 6) is -0.576. The van der Waals surface area contributed by atoms with Crippen molar-refractivity contribution in [2.24, 2.45) is 5.14 Å². The van der Waals surface area contributed by atoms with Crippen molar-refractivity contribution in [2.75, 3.05) is 4.72 Å². The van der Waals surface area contributed by atoms with E-state index in [0.717, 1.165) is 30.3 Å². The first kappa shape index (κ1) is 16.4. The molecule has 0 spiro atoms. The van der Waals surface area contributed by atoms with E-state index in [-0.39, 0.29) is 15.5 Å². The predicted molar refractivity (Wildman–Crippen MR) is 79.8 cm³/mol. The molecule has 0 saturated carbocycles. The van der Waals surface area contributed by atoms with Gasteiger partial charge in [0.15, 0.2) is 0 Å². The fourth-order valence-electron chi connectivity index (χ4n) is 1.72. The van der Waals surface area contributed by atoms with Crippen LogP contribution < -0.4 is 9.86 Å². The Balaban J connectivity index is 2.37. The van der Waals surface area contributed by atoms with Gasteiger partial charge in [0.1, 0.15) is 5.82 Å². The SMILES string of the molecule is Cc1ccc(F)cc1NS(=O)(=O)c1ccc(S(N)(=O)=O)cc1. The molecular formula is C13H13FN2O4S2. The summed E-state index contributed by atoms with van der Waals surface area (Å²) >= 11 is 0. The molecule has 9 heteroatoms. The number of sulfonamides is 2. The number of halogens is 1. The van der Waals surface area contributed by atoms with Crippen molar-refractivity contribution in [3.05, 3.63) is 53.8 Å². The molecular weight excluding hydrogens is 331 g/mol. The van der Waals surface area contributed by atoms with Crippen LogP contribution in [0.25, 0.3) is 0 Å². The molecule has 0 bridgehead atoms. The Morgan fingerprint density at radius 2 is 1.50 bits per heavy atom. The number of aryl methyl sites for hydroxylation is 1. The van der Waals surface area contributed by atoms with Crippen LogP contribution in [0.15, 0.2) is 52.3 Å². The monoisotopic (exact) mass is 344 g/mol. The summed E-state index contributed by atoms with van der Waals surface area (Å²) in [4.78, 5) is -0.364. The normalized spacial score (nSPS) is 12.1. The van der Waals surface area contributed by atoms with E-state index in [0.29, 0.717) is 5.56 Å². The summed E-state index contributed by atoms with van der Waals surface area (Å²) in [7, 11) is -7.87. The number of benzene rings is 2. The molecule has 0 amide bonds. The van der Waals surface area contributed by atoms with Crippen LogP contribution in [0, 0.1) is 12.7 Å². The van der Waals surface area contributed by atoms with Gasteiger partial charge in [-0.25, -0.2) is 26.4 Å². The number of nitrogens with two attached hydrogens (primary N) is 1. The average Bonchev–Trinajstić information content (AvgIpc) is 2.42. The lowest BCUT2D eigenvalue weighted by atomic mass is 10.2. The Hall–Kier alpha value is -1.97. The third-order valence-corrected chi connectivity index (χ3v) is 5.22. The maximum atomic E-state index is 13.2. The lowest BCUT2D eigenvalue weighted by Crippen LogP contribution is -2.15. The minimum absolute atomic E-state index is 0.107. The zero-order chi connectivity index (χ0) is 16.5. The molecule has 0 radical (unpaired) electrons. The molecule has 2 rings (SSSR count). The van der Waals surface area contributed by atoms with E-state index in [1.165, 1.54) is 12.1 Å². The lowest BCUT2D eigenvalue weighted by Gasteiger charge is -2.11. The van der Waals surface area contributed by atoms with E-state index < -0.39 is 25.9 Å². The highest BCUT2D eigenvalue weighted by Gasteiger charge is 2.17. The zero-order valence-corrected chi connectivity index (χ0v) is 13.1. The van der Waals surface area contributed by atoms with Crippen LogP contribution in [0.4, 0.5) is 10.1 Å². The number of nitrogens with one attached hydrogen (secondary N) is 1. The number of rotatable bonds is 4. The van der Waals surface area contributed by atoms with Crippen molar-refractivity contribution in [1.29, 1.82) is 0 Å². The molecule has 0 saturated heterocycles. The van der Waals surface area contributed by atoms with Crippen molar-refractivity contribution in [3.63, 3.8) is 0 Å². The van der Waals surface area contributed by atoms with Crippen LogP contribution in [0.2, 0.25) is 0 Å². The molecule has 22 heavy (non-hydrogen) atoms. The van der Waals surface area contributed by atoms with E-state index in [4.69, 9.17) is 5.14 Å². The molecule has 0 aliphatic carbocycles. The second-order valence-corrected chi connectivity index (χ2v) is 7.82. The lowest BCUT2D eigenvalue weighted by molar-refractivity contribution is 0.595. The predicted octanol–water partition coefficient (Wildman–Crippen LogP) is 1.58. The largest absolute Gasteiger partial charge is 0.279 e. The molecule has 2 aromatic carbocycles. The topological polar surface area (TPSA) is 106 Å². The maximum absolute atomic E-state index is 13.2. The summed E-state index contributed by atoms with van der Waals surface area (Å²) in [6, 6.07) is 8.11. The third-order valence-electron chi connectivity index (χ3n) is 2.91. The van der Waals surface area contributed by atoms with Gasteiger partial charge >= 0.3 is 0 Å². The van der Waals surface area contributed by atoms with Gasteiger partial charge < -0.3 is 0 Å². The molecule has 0 atom stereocenters. The van der Waals surface area contributed by atoms with E-state index >= 15 is 0 Å². The number of hydrogen-bond acceptors (Lipinski definition) is 4. The first-order valence-corrected chi connectivity index (χ1v) is 9.04. The number of anilines is 1. The standard InChI is InChI=1S/C13H13FN2O4S2/c1-9-2-3-10(14)8-13(9)16-22(19,20)12-6-4-11(5-7-12)21(15,17)18/h2-8,16H,1H3,(H2,15,17,18). The zero-order valence-electron chi connectivity index (χ0n) is 11.4. The molecule has 0 aliphatic heterocycles. The van der Waals surface area contributed by atoms with Crippen molar-refractivity contribution in [2.45, 2.75) is 16.7 Å². The Morgan fingerprint density at radius 3 is 2.05 bits per heavy atom. The minimum Gasteiger partial charge on any atom is -0.279 e. The Labute approximate surface area is 127 Å². The number of primary sulfonamides is 1. The quantitative estimate of drug-likeness (QED) is 0.878. The van der Waals surface area contributed by atoms with Crippen LogP contribution in [0.1, 0.15) is 5.56 Å². The molecule has 118 valence electrons. The maximum Gasteiger partial charge on any atom is 0.261 e. The van der Waals surface area contributed by atoms with E-state index in [1.54, 1.807) is 6.92 Å². The summed E-state index contributed by atoms with van der Waals surface area (Å²) in [5.41, 5.74) is 0.654. The summed E-state index contributed by atoms with van der Waals surface area (Å²) in [6.45, 7) is 1.63. The Bertz CT molecular complexity index is 908. The Kier molecular flexibility index (Phi) is 4.23. The number of hydrogen-bond donors (Lipinski definition) is 2. The smallest absolute Gasteiger partial charge is 0.261 e. The molecule has 0 fully saturated rings. The van der Waals surface area contributed by atoms with Crippen LogP contribution >= 0.6 is 0 Å². The van der Waals surface area contributed by atoms with Crippen molar-refractivity contribution < 1.29 is 21.2 Å². The van der Waals surface area contributed by atoms with Gasteiger partial charge in [0.05, 0.1) is 15.5 Å². The first-order valence-electron chi connectivity index (χ1n) is 6.01. The van der Waals surface area contributed by atoms with Crippen molar-refractivity contribution in [1.82, 2.24) is 0 Å². The van der Waals surface area contributed by atoms with Gasteiger partial charge in [-0.05, 0) is 48.9 Å². The summed E-state index contributed by atoms with van der Waals surface area (Å²) in [5, 5.41) is 4.94. The van der Waals surface area contributed by atoms with Crippen molar-refractivity contribution >= 4 is 25.7 Å². The van der Waals surface area contributed by atoms with Gasteiger partial charge in [-0.2, -0.15) is 0 Å². The van der Waals surface area contributed by atoms with Gasteiger partial charge in [-0.3, -0.25) is 4.72 Å². The molecule has 0 heterocycles. The van der Waals surface area contributed by atoms with E-state index in [9.17, 15) is 21.2 Å². The molecule has 6 nitrogen and oxygen atoms in total. The van der Waals surface area contributed by atoms with Gasteiger partial charge in [-0.1, -0.05) is 6.07 Å².